The van der Waals surface area contributed by atoms with Gasteiger partial charge in [-0.05, 0) is 36.2 Å². The van der Waals surface area contributed by atoms with Crippen molar-refractivity contribution in [3.8, 4) is 0 Å². The summed E-state index contributed by atoms with van der Waals surface area (Å²) in [7, 11) is 1.58. The smallest absolute Gasteiger partial charge is 0.385 e. The number of ether oxygens (including phenoxy) is 1. The summed E-state index contributed by atoms with van der Waals surface area (Å²) in [6, 6.07) is 11.6. The Bertz CT molecular complexity index is 1060. The highest BCUT2D eigenvalue weighted by Crippen LogP contribution is 2.28. The summed E-state index contributed by atoms with van der Waals surface area (Å²) in [5.74, 6) is 0.243. The summed E-state index contributed by atoms with van der Waals surface area (Å²) < 4.78 is 44.4. The summed E-state index contributed by atoms with van der Waals surface area (Å²) in [6.45, 7) is 0.857. The third-order valence-electron chi connectivity index (χ3n) is 4.21. The van der Waals surface area contributed by atoms with Gasteiger partial charge in [0, 0.05) is 20.3 Å². The average Bonchev–Trinajstić information content (AvgIpc) is 2.70. The summed E-state index contributed by atoms with van der Waals surface area (Å²) in [4.78, 5) is 17.2. The number of hydrogen-bond acceptors (Lipinski definition) is 5. The molecule has 0 spiro atoms. The number of hydrogen-bond donors (Lipinski definition) is 1. The van der Waals surface area contributed by atoms with Crippen LogP contribution >= 0.6 is 0 Å². The van der Waals surface area contributed by atoms with E-state index in [-0.39, 0.29) is 11.5 Å². The van der Waals surface area contributed by atoms with Gasteiger partial charge in [0.2, 0.25) is 5.95 Å². The monoisotopic (exact) mass is 404 g/mol. The second-order valence-electron chi connectivity index (χ2n) is 6.25. The van der Waals surface area contributed by atoms with Crippen LogP contribution < -0.4 is 11.0 Å². The molecule has 0 unspecified atom stereocenters. The third-order valence-corrected chi connectivity index (χ3v) is 4.21. The molecular weight excluding hydrogens is 385 g/mol. The predicted octanol–water partition coefficient (Wildman–Crippen LogP) is 3.90. The number of hydrazone groups is 1. The second-order valence-corrected chi connectivity index (χ2v) is 6.25. The average molecular weight is 404 g/mol. The zero-order chi connectivity index (χ0) is 20.9. The quantitative estimate of drug-likeness (QED) is 0.368. The van der Waals surface area contributed by atoms with Crippen LogP contribution in [0.1, 0.15) is 17.5 Å². The van der Waals surface area contributed by atoms with Crippen LogP contribution in [0.25, 0.3) is 10.9 Å². The lowest BCUT2D eigenvalue weighted by Crippen LogP contribution is -2.24. The van der Waals surface area contributed by atoms with Crippen LogP contribution in [-0.2, 0) is 17.5 Å². The first kappa shape index (κ1) is 20.5. The Morgan fingerprint density at radius 1 is 1.17 bits per heavy atom. The lowest BCUT2D eigenvalue weighted by Gasteiger charge is -2.12. The van der Waals surface area contributed by atoms with Crippen molar-refractivity contribution in [3.63, 3.8) is 0 Å². The fraction of sp³-hybridized carbons (Fsp3) is 0.250. The van der Waals surface area contributed by atoms with Crippen molar-refractivity contribution in [1.29, 1.82) is 0 Å². The van der Waals surface area contributed by atoms with Crippen molar-refractivity contribution in [1.82, 2.24) is 9.55 Å². The molecule has 0 fully saturated rings. The molecule has 0 aliphatic rings. The molecule has 6 nitrogen and oxygen atoms in total. The summed E-state index contributed by atoms with van der Waals surface area (Å²) in [5.41, 5.74) is 2.78. The maximum Gasteiger partial charge on any atom is 0.416 e. The van der Waals surface area contributed by atoms with E-state index in [1.165, 1.54) is 22.9 Å². The minimum Gasteiger partial charge on any atom is -0.385 e. The van der Waals surface area contributed by atoms with Gasteiger partial charge in [0.25, 0.3) is 5.56 Å². The fourth-order valence-corrected chi connectivity index (χ4v) is 2.75. The number of anilines is 1. The number of halogens is 3. The van der Waals surface area contributed by atoms with Gasteiger partial charge >= 0.3 is 6.18 Å². The molecule has 0 aliphatic carbocycles. The molecule has 0 saturated carbocycles. The fourth-order valence-electron chi connectivity index (χ4n) is 2.75. The molecule has 29 heavy (non-hydrogen) atoms. The van der Waals surface area contributed by atoms with Gasteiger partial charge in [-0.25, -0.2) is 10.4 Å². The van der Waals surface area contributed by atoms with Gasteiger partial charge in [0.05, 0.1) is 22.7 Å². The van der Waals surface area contributed by atoms with Gasteiger partial charge in [0.1, 0.15) is 0 Å². The topological polar surface area (TPSA) is 68.5 Å². The Morgan fingerprint density at radius 2 is 1.90 bits per heavy atom. The zero-order valence-corrected chi connectivity index (χ0v) is 15.6. The second kappa shape index (κ2) is 8.87. The van der Waals surface area contributed by atoms with Gasteiger partial charge in [-0.1, -0.05) is 24.3 Å². The first-order valence-electron chi connectivity index (χ1n) is 8.85. The molecule has 0 saturated heterocycles. The number of nitrogens with zero attached hydrogens (tertiary/aromatic N) is 3. The van der Waals surface area contributed by atoms with Crippen LogP contribution in [0.4, 0.5) is 19.1 Å². The van der Waals surface area contributed by atoms with Gasteiger partial charge in [-0.3, -0.25) is 9.36 Å². The Kier molecular flexibility index (Phi) is 6.28. The van der Waals surface area contributed by atoms with Crippen molar-refractivity contribution < 1.29 is 17.9 Å². The van der Waals surface area contributed by atoms with E-state index in [0.717, 1.165) is 12.1 Å². The van der Waals surface area contributed by atoms with Crippen molar-refractivity contribution in [2.45, 2.75) is 19.1 Å². The maximum absolute atomic E-state index is 12.8. The molecule has 1 aromatic heterocycles. The van der Waals surface area contributed by atoms with E-state index in [0.29, 0.717) is 36.0 Å². The number of aromatic nitrogens is 2. The predicted molar refractivity (Wildman–Crippen MR) is 105 cm³/mol. The molecule has 3 aromatic rings. The highest BCUT2D eigenvalue weighted by Gasteiger charge is 2.29. The van der Waals surface area contributed by atoms with E-state index in [1.807, 2.05) is 0 Å². The van der Waals surface area contributed by atoms with Crippen LogP contribution in [0, 0.1) is 0 Å². The normalized spacial score (nSPS) is 12.0. The van der Waals surface area contributed by atoms with Gasteiger partial charge < -0.3 is 4.74 Å². The largest absolute Gasteiger partial charge is 0.416 e. The first-order chi connectivity index (χ1) is 13.9. The molecule has 1 heterocycles. The molecule has 0 aliphatic heterocycles. The van der Waals surface area contributed by atoms with Crippen LogP contribution in [0.2, 0.25) is 0 Å². The van der Waals surface area contributed by atoms with Crippen molar-refractivity contribution in [3.05, 3.63) is 70.0 Å². The van der Waals surface area contributed by atoms with Gasteiger partial charge in [-0.15, -0.1) is 0 Å². The molecule has 9 heteroatoms. The minimum absolute atomic E-state index is 0.209. The van der Waals surface area contributed by atoms with E-state index in [4.69, 9.17) is 4.74 Å². The molecule has 1 N–H and O–H groups in total. The number of alkyl halides is 3. The third kappa shape index (κ3) is 5.00. The summed E-state index contributed by atoms with van der Waals surface area (Å²) >= 11 is 0. The summed E-state index contributed by atoms with van der Waals surface area (Å²) in [6.07, 6.45) is -2.42. The van der Waals surface area contributed by atoms with Crippen LogP contribution in [0.5, 0.6) is 0 Å². The molecule has 0 bridgehead atoms. The number of para-hydroxylation sites is 1. The van der Waals surface area contributed by atoms with Crippen molar-refractivity contribution in [2.75, 3.05) is 19.1 Å². The van der Waals surface area contributed by atoms with Crippen LogP contribution in [0.15, 0.2) is 58.4 Å². The SMILES string of the molecule is COCCCn1c(N/N=C\c2ccc(C(F)(F)F)cc2)nc2ccccc2c1=O. The number of benzene rings is 2. The number of methoxy groups -OCH3 is 1. The van der Waals surface area contributed by atoms with Gasteiger partial charge in [0.15, 0.2) is 0 Å². The van der Waals surface area contributed by atoms with Crippen molar-refractivity contribution in [2.24, 2.45) is 5.10 Å². The van der Waals surface area contributed by atoms with E-state index in [1.54, 1.807) is 31.4 Å². The summed E-state index contributed by atoms with van der Waals surface area (Å²) in [5, 5.41) is 4.52. The highest BCUT2D eigenvalue weighted by atomic mass is 19.4. The molecule has 0 radical (unpaired) electrons. The zero-order valence-electron chi connectivity index (χ0n) is 15.6. The highest BCUT2D eigenvalue weighted by molar-refractivity contribution is 5.81. The Hall–Kier alpha value is -3.20. The Balaban J connectivity index is 1.85. The number of fused-ring (bicyclic) bond motifs is 1. The Morgan fingerprint density at radius 3 is 2.59 bits per heavy atom. The van der Waals surface area contributed by atoms with E-state index >= 15 is 0 Å². The van der Waals surface area contributed by atoms with E-state index in [9.17, 15) is 18.0 Å². The first-order valence-corrected chi connectivity index (χ1v) is 8.85. The molecule has 152 valence electrons. The lowest BCUT2D eigenvalue weighted by molar-refractivity contribution is -0.137. The number of rotatable bonds is 7. The Labute approximate surface area is 164 Å². The molecular formula is C20H19F3N4O2. The maximum atomic E-state index is 12.8. The van der Waals surface area contributed by atoms with Crippen LogP contribution in [0.3, 0.4) is 0 Å². The standard InChI is InChI=1S/C20H19F3N4O2/c1-29-12-4-11-27-18(28)16-5-2-3-6-17(16)25-19(27)26-24-13-14-7-9-15(10-8-14)20(21,22)23/h2-3,5-10,13H,4,11-12H2,1H3,(H,25,26)/b24-13-. The van der Waals surface area contributed by atoms with Crippen LogP contribution in [-0.4, -0.2) is 29.5 Å². The van der Waals surface area contributed by atoms with Crippen molar-refractivity contribution >= 4 is 23.1 Å². The number of nitrogens with one attached hydrogen (secondary N) is 1. The molecule has 2 aromatic carbocycles. The molecule has 0 atom stereocenters. The van der Waals surface area contributed by atoms with E-state index < -0.39 is 11.7 Å². The lowest BCUT2D eigenvalue weighted by atomic mass is 10.1. The molecule has 3 rings (SSSR count). The van der Waals surface area contributed by atoms with E-state index in [2.05, 4.69) is 15.5 Å². The minimum atomic E-state index is -4.39. The van der Waals surface area contributed by atoms with Gasteiger partial charge in [-0.2, -0.15) is 18.3 Å². The molecule has 0 amide bonds.